The Morgan fingerprint density at radius 3 is 2.61 bits per heavy atom. The maximum Gasteiger partial charge on any atom is 0.235 e. The molecule has 1 aromatic heterocycles. The van der Waals surface area contributed by atoms with E-state index in [1.165, 1.54) is 0 Å². The number of nitrogens with one attached hydrogen (secondary N) is 1. The molecule has 3 aromatic rings. The number of amides is 1. The van der Waals surface area contributed by atoms with Crippen LogP contribution in [0.1, 0.15) is 44.6 Å². The van der Waals surface area contributed by atoms with Gasteiger partial charge in [0.25, 0.3) is 0 Å². The third-order valence-electron chi connectivity index (χ3n) is 5.66. The maximum absolute atomic E-state index is 13.5. The van der Waals surface area contributed by atoms with Gasteiger partial charge in [-0.15, -0.1) is 0 Å². The standard InChI is InChI=1S/C24H26N2O2/c1-2-17-28-21-13-12-20(19-11-8-16-25-22(19)21)26-23(27)24(14-6-7-15-24)18-9-4-3-5-10-18/h3-5,8-13,16H,2,6-7,14-15,17H2,1H3,(H,26,27). The summed E-state index contributed by atoms with van der Waals surface area (Å²) in [5.74, 6) is 0.831. The van der Waals surface area contributed by atoms with Gasteiger partial charge in [0.2, 0.25) is 5.91 Å². The molecule has 4 heteroatoms. The van der Waals surface area contributed by atoms with E-state index in [9.17, 15) is 4.79 Å². The third kappa shape index (κ3) is 3.35. The molecular weight excluding hydrogens is 348 g/mol. The predicted molar refractivity (Wildman–Crippen MR) is 113 cm³/mol. The van der Waals surface area contributed by atoms with E-state index >= 15 is 0 Å². The Hall–Kier alpha value is -2.88. The fourth-order valence-electron chi connectivity index (χ4n) is 4.21. The Morgan fingerprint density at radius 1 is 1.07 bits per heavy atom. The van der Waals surface area contributed by atoms with Crippen molar-refractivity contribution < 1.29 is 9.53 Å². The summed E-state index contributed by atoms with van der Waals surface area (Å²) in [7, 11) is 0. The van der Waals surface area contributed by atoms with Gasteiger partial charge < -0.3 is 10.1 Å². The van der Waals surface area contributed by atoms with Crippen LogP contribution < -0.4 is 10.1 Å². The van der Waals surface area contributed by atoms with Crippen LogP contribution in [-0.2, 0) is 10.2 Å². The number of carbonyl (C=O) groups excluding carboxylic acids is 1. The monoisotopic (exact) mass is 374 g/mol. The summed E-state index contributed by atoms with van der Waals surface area (Å²) in [5.41, 5.74) is 2.23. The minimum absolute atomic E-state index is 0.0728. The van der Waals surface area contributed by atoms with Crippen molar-refractivity contribution in [2.75, 3.05) is 11.9 Å². The van der Waals surface area contributed by atoms with Gasteiger partial charge in [-0.05, 0) is 49.1 Å². The lowest BCUT2D eigenvalue weighted by atomic mass is 9.78. The average Bonchev–Trinajstić information content (AvgIpc) is 3.25. The highest BCUT2D eigenvalue weighted by atomic mass is 16.5. The van der Waals surface area contributed by atoms with Gasteiger partial charge in [0.15, 0.2) is 0 Å². The van der Waals surface area contributed by atoms with Crippen LogP contribution in [0, 0.1) is 0 Å². The second kappa shape index (κ2) is 8.01. The second-order valence-electron chi connectivity index (χ2n) is 7.47. The van der Waals surface area contributed by atoms with Gasteiger partial charge in [-0.2, -0.15) is 0 Å². The molecule has 1 saturated carbocycles. The number of anilines is 1. The molecule has 1 aliphatic carbocycles. The molecule has 1 fully saturated rings. The molecule has 1 N–H and O–H groups in total. The number of benzene rings is 2. The molecule has 0 bridgehead atoms. The topological polar surface area (TPSA) is 51.2 Å². The highest BCUT2D eigenvalue weighted by Crippen LogP contribution is 2.42. The van der Waals surface area contributed by atoms with E-state index in [2.05, 4.69) is 29.4 Å². The van der Waals surface area contributed by atoms with E-state index in [0.717, 1.165) is 60.0 Å². The molecule has 144 valence electrons. The van der Waals surface area contributed by atoms with Crippen LogP contribution in [0.4, 0.5) is 5.69 Å². The van der Waals surface area contributed by atoms with Crippen molar-refractivity contribution in [3.63, 3.8) is 0 Å². The molecule has 0 unspecified atom stereocenters. The zero-order valence-electron chi connectivity index (χ0n) is 16.3. The lowest BCUT2D eigenvalue weighted by molar-refractivity contribution is -0.121. The van der Waals surface area contributed by atoms with Crippen LogP contribution in [0.2, 0.25) is 0 Å². The SMILES string of the molecule is CCCOc1ccc(NC(=O)C2(c3ccccc3)CCCC2)c2cccnc12. The summed E-state index contributed by atoms with van der Waals surface area (Å²) in [4.78, 5) is 18.0. The van der Waals surface area contributed by atoms with Crippen LogP contribution in [0.5, 0.6) is 5.75 Å². The molecule has 1 aliphatic rings. The van der Waals surface area contributed by atoms with Crippen molar-refractivity contribution >= 4 is 22.5 Å². The predicted octanol–water partition coefficient (Wildman–Crippen LogP) is 5.47. The zero-order valence-corrected chi connectivity index (χ0v) is 16.3. The minimum Gasteiger partial charge on any atom is -0.491 e. The maximum atomic E-state index is 13.5. The Labute approximate surface area is 165 Å². The highest BCUT2D eigenvalue weighted by molar-refractivity contribution is 6.06. The Bertz CT molecular complexity index is 963. The van der Waals surface area contributed by atoms with Gasteiger partial charge >= 0.3 is 0 Å². The molecular formula is C24H26N2O2. The molecule has 0 saturated heterocycles. The molecule has 1 heterocycles. The molecule has 1 amide bonds. The molecule has 0 radical (unpaired) electrons. The van der Waals surface area contributed by atoms with Crippen LogP contribution in [-0.4, -0.2) is 17.5 Å². The molecule has 0 atom stereocenters. The third-order valence-corrected chi connectivity index (χ3v) is 5.66. The van der Waals surface area contributed by atoms with E-state index < -0.39 is 5.41 Å². The van der Waals surface area contributed by atoms with Crippen molar-refractivity contribution in [2.45, 2.75) is 44.4 Å². The summed E-state index contributed by atoms with van der Waals surface area (Å²) in [6.45, 7) is 2.73. The number of ether oxygens (including phenoxy) is 1. The highest BCUT2D eigenvalue weighted by Gasteiger charge is 2.42. The average molecular weight is 374 g/mol. The second-order valence-corrected chi connectivity index (χ2v) is 7.47. The number of pyridine rings is 1. The fourth-order valence-corrected chi connectivity index (χ4v) is 4.21. The summed E-state index contributed by atoms with van der Waals surface area (Å²) in [6, 6.07) is 17.9. The summed E-state index contributed by atoms with van der Waals surface area (Å²) in [6.07, 6.45) is 6.62. The lowest BCUT2D eigenvalue weighted by Crippen LogP contribution is -2.38. The largest absolute Gasteiger partial charge is 0.491 e. The molecule has 4 nitrogen and oxygen atoms in total. The van der Waals surface area contributed by atoms with Gasteiger partial charge in [-0.25, -0.2) is 0 Å². The van der Waals surface area contributed by atoms with Crippen LogP contribution in [0.25, 0.3) is 10.9 Å². The van der Waals surface area contributed by atoms with Crippen molar-refractivity contribution in [2.24, 2.45) is 0 Å². The Kier molecular flexibility index (Phi) is 5.29. The number of fused-ring (bicyclic) bond motifs is 1. The van der Waals surface area contributed by atoms with Gasteiger partial charge in [-0.1, -0.05) is 50.1 Å². The van der Waals surface area contributed by atoms with E-state index in [-0.39, 0.29) is 5.91 Å². The van der Waals surface area contributed by atoms with Gasteiger partial charge in [0, 0.05) is 11.6 Å². The van der Waals surface area contributed by atoms with E-state index in [0.29, 0.717) is 6.61 Å². The van der Waals surface area contributed by atoms with E-state index in [1.54, 1.807) is 6.20 Å². The van der Waals surface area contributed by atoms with Gasteiger partial charge in [-0.3, -0.25) is 9.78 Å². The number of rotatable bonds is 6. The normalized spacial score (nSPS) is 15.5. The van der Waals surface area contributed by atoms with Crippen molar-refractivity contribution in [3.8, 4) is 5.75 Å². The van der Waals surface area contributed by atoms with Crippen LogP contribution in [0.15, 0.2) is 60.8 Å². The number of aromatic nitrogens is 1. The fraction of sp³-hybridized carbons (Fsp3) is 0.333. The van der Waals surface area contributed by atoms with Crippen molar-refractivity contribution in [3.05, 3.63) is 66.4 Å². The first-order valence-corrected chi connectivity index (χ1v) is 10.1. The molecule has 4 rings (SSSR count). The molecule has 2 aromatic carbocycles. The molecule has 28 heavy (non-hydrogen) atoms. The lowest BCUT2D eigenvalue weighted by Gasteiger charge is -2.28. The number of hydrogen-bond acceptors (Lipinski definition) is 3. The van der Waals surface area contributed by atoms with Crippen molar-refractivity contribution in [1.82, 2.24) is 4.98 Å². The van der Waals surface area contributed by atoms with Gasteiger partial charge in [0.05, 0.1) is 17.7 Å². The Balaban J connectivity index is 1.69. The number of hydrogen-bond donors (Lipinski definition) is 1. The van der Waals surface area contributed by atoms with Crippen LogP contribution >= 0.6 is 0 Å². The smallest absolute Gasteiger partial charge is 0.235 e. The summed E-state index contributed by atoms with van der Waals surface area (Å²) in [5, 5.41) is 4.12. The van der Waals surface area contributed by atoms with Crippen molar-refractivity contribution in [1.29, 1.82) is 0 Å². The minimum atomic E-state index is -0.451. The number of carbonyl (C=O) groups is 1. The first-order chi connectivity index (χ1) is 13.7. The first kappa shape index (κ1) is 18.5. The quantitative estimate of drug-likeness (QED) is 0.622. The molecule has 0 aliphatic heterocycles. The van der Waals surface area contributed by atoms with Gasteiger partial charge in [0.1, 0.15) is 11.3 Å². The molecule has 0 spiro atoms. The first-order valence-electron chi connectivity index (χ1n) is 10.1. The van der Waals surface area contributed by atoms with Crippen LogP contribution in [0.3, 0.4) is 0 Å². The Morgan fingerprint density at radius 2 is 1.86 bits per heavy atom. The number of nitrogens with zero attached hydrogens (tertiary/aromatic N) is 1. The van der Waals surface area contributed by atoms with E-state index in [1.807, 2.05) is 42.5 Å². The summed E-state index contributed by atoms with van der Waals surface area (Å²) < 4.78 is 5.84. The summed E-state index contributed by atoms with van der Waals surface area (Å²) >= 11 is 0. The zero-order chi connectivity index (χ0) is 19.4. The van der Waals surface area contributed by atoms with E-state index in [4.69, 9.17) is 4.74 Å².